The standard InChI is InChI=1S/C11H12N2/c12-6-11-8-2-1-7(5-8)9(11)3-4-10(11)13/h1-2,7-9,13H,3-5H2. The molecule has 0 aromatic heterocycles. The van der Waals surface area contributed by atoms with Gasteiger partial charge >= 0.3 is 0 Å². The number of nitrogens with one attached hydrogen (secondary N) is 1. The average molecular weight is 172 g/mol. The van der Waals surface area contributed by atoms with Crippen molar-refractivity contribution in [2.75, 3.05) is 0 Å². The van der Waals surface area contributed by atoms with Gasteiger partial charge in [-0.25, -0.2) is 0 Å². The second kappa shape index (κ2) is 2.04. The lowest BCUT2D eigenvalue weighted by atomic mass is 9.71. The van der Waals surface area contributed by atoms with Crippen LogP contribution in [0, 0.1) is 39.9 Å². The van der Waals surface area contributed by atoms with Gasteiger partial charge in [0.2, 0.25) is 0 Å². The maximum Gasteiger partial charge on any atom is 0.104 e. The molecule has 3 aliphatic carbocycles. The minimum Gasteiger partial charge on any atom is -0.308 e. The summed E-state index contributed by atoms with van der Waals surface area (Å²) in [6.07, 6.45) is 7.49. The van der Waals surface area contributed by atoms with Gasteiger partial charge in [-0.3, -0.25) is 0 Å². The maximum atomic E-state index is 9.29. The fourth-order valence-electron chi connectivity index (χ4n) is 3.61. The van der Waals surface area contributed by atoms with Crippen molar-refractivity contribution < 1.29 is 0 Å². The van der Waals surface area contributed by atoms with Gasteiger partial charge < -0.3 is 5.41 Å². The van der Waals surface area contributed by atoms with E-state index in [2.05, 4.69) is 18.2 Å². The molecule has 3 rings (SSSR count). The van der Waals surface area contributed by atoms with Crippen LogP contribution in [0.1, 0.15) is 19.3 Å². The molecule has 1 N–H and O–H groups in total. The van der Waals surface area contributed by atoms with Crippen molar-refractivity contribution >= 4 is 5.71 Å². The third-order valence-corrected chi connectivity index (χ3v) is 4.19. The van der Waals surface area contributed by atoms with Gasteiger partial charge in [-0.05, 0) is 31.1 Å². The molecule has 2 fully saturated rings. The quantitative estimate of drug-likeness (QED) is 0.559. The van der Waals surface area contributed by atoms with Crippen LogP contribution in [0.25, 0.3) is 0 Å². The van der Waals surface area contributed by atoms with Crippen molar-refractivity contribution in [3.63, 3.8) is 0 Å². The molecule has 2 nitrogen and oxygen atoms in total. The van der Waals surface area contributed by atoms with Gasteiger partial charge in [-0.2, -0.15) is 5.26 Å². The van der Waals surface area contributed by atoms with Gasteiger partial charge in [0, 0.05) is 11.6 Å². The Morgan fingerprint density at radius 3 is 3.08 bits per heavy atom. The summed E-state index contributed by atoms with van der Waals surface area (Å²) in [7, 11) is 0. The molecule has 0 aliphatic heterocycles. The van der Waals surface area contributed by atoms with E-state index in [1.165, 1.54) is 0 Å². The number of rotatable bonds is 0. The first kappa shape index (κ1) is 7.32. The molecule has 0 amide bonds. The van der Waals surface area contributed by atoms with Crippen LogP contribution in [-0.2, 0) is 0 Å². The molecular weight excluding hydrogens is 160 g/mol. The Morgan fingerprint density at radius 2 is 2.38 bits per heavy atom. The molecule has 2 saturated carbocycles. The molecule has 2 bridgehead atoms. The molecule has 0 heterocycles. The predicted molar refractivity (Wildman–Crippen MR) is 49.2 cm³/mol. The largest absolute Gasteiger partial charge is 0.308 e. The number of allylic oxidation sites excluding steroid dienone is 2. The van der Waals surface area contributed by atoms with Gasteiger partial charge in [0.15, 0.2) is 0 Å². The molecule has 4 atom stereocenters. The van der Waals surface area contributed by atoms with Crippen molar-refractivity contribution in [1.29, 1.82) is 10.7 Å². The highest BCUT2D eigenvalue weighted by atomic mass is 14.7. The zero-order valence-corrected chi connectivity index (χ0v) is 7.46. The first-order valence-corrected chi connectivity index (χ1v) is 4.96. The Kier molecular flexibility index (Phi) is 1.15. The van der Waals surface area contributed by atoms with Gasteiger partial charge in [0.25, 0.3) is 0 Å². The van der Waals surface area contributed by atoms with Crippen LogP contribution in [0.2, 0.25) is 0 Å². The second-order valence-electron chi connectivity index (χ2n) is 4.50. The van der Waals surface area contributed by atoms with E-state index in [9.17, 15) is 5.26 Å². The Morgan fingerprint density at radius 1 is 1.54 bits per heavy atom. The van der Waals surface area contributed by atoms with Gasteiger partial charge in [-0.15, -0.1) is 0 Å². The number of fused-ring (bicyclic) bond motifs is 5. The minimum absolute atomic E-state index is 0.363. The van der Waals surface area contributed by atoms with E-state index in [1.54, 1.807) is 0 Å². The third-order valence-electron chi connectivity index (χ3n) is 4.19. The smallest absolute Gasteiger partial charge is 0.104 e. The first-order chi connectivity index (χ1) is 6.29. The maximum absolute atomic E-state index is 9.29. The van der Waals surface area contributed by atoms with Gasteiger partial charge in [0.1, 0.15) is 5.41 Å². The molecule has 0 aromatic rings. The minimum atomic E-state index is -0.376. The number of hydrogen-bond donors (Lipinski definition) is 1. The van der Waals surface area contributed by atoms with Crippen molar-refractivity contribution in [2.45, 2.75) is 19.3 Å². The van der Waals surface area contributed by atoms with Crippen LogP contribution >= 0.6 is 0 Å². The lowest BCUT2D eigenvalue weighted by Gasteiger charge is -2.29. The first-order valence-electron chi connectivity index (χ1n) is 4.96. The lowest BCUT2D eigenvalue weighted by molar-refractivity contribution is 0.331. The van der Waals surface area contributed by atoms with Crippen molar-refractivity contribution in [1.82, 2.24) is 0 Å². The summed E-state index contributed by atoms with van der Waals surface area (Å²) in [5.41, 5.74) is 0.330. The van der Waals surface area contributed by atoms with E-state index in [-0.39, 0.29) is 5.41 Å². The van der Waals surface area contributed by atoms with E-state index in [4.69, 9.17) is 5.41 Å². The zero-order chi connectivity index (χ0) is 9.05. The molecular formula is C11H12N2. The Bertz CT molecular complexity index is 350. The highest BCUT2D eigenvalue weighted by Gasteiger charge is 2.61. The van der Waals surface area contributed by atoms with Crippen molar-refractivity contribution in [3.05, 3.63) is 12.2 Å². The lowest BCUT2D eigenvalue weighted by Crippen LogP contribution is -2.34. The summed E-state index contributed by atoms with van der Waals surface area (Å²) < 4.78 is 0. The molecule has 66 valence electrons. The van der Waals surface area contributed by atoms with Crippen LogP contribution in [-0.4, -0.2) is 5.71 Å². The average Bonchev–Trinajstić information content (AvgIpc) is 2.76. The number of hydrogen-bond acceptors (Lipinski definition) is 2. The summed E-state index contributed by atoms with van der Waals surface area (Å²) in [4.78, 5) is 0. The molecule has 0 aromatic carbocycles. The summed E-state index contributed by atoms with van der Waals surface area (Å²) in [6, 6.07) is 2.44. The Balaban J connectivity index is 2.17. The Hall–Kier alpha value is -1.10. The van der Waals surface area contributed by atoms with E-state index in [1.807, 2.05) is 0 Å². The van der Waals surface area contributed by atoms with E-state index in [0.717, 1.165) is 19.3 Å². The van der Waals surface area contributed by atoms with Crippen LogP contribution in [0.5, 0.6) is 0 Å². The zero-order valence-electron chi connectivity index (χ0n) is 7.46. The number of nitriles is 1. The molecule has 13 heavy (non-hydrogen) atoms. The normalized spacial score (nSPS) is 51.0. The van der Waals surface area contributed by atoms with Crippen LogP contribution < -0.4 is 0 Å². The fraction of sp³-hybridized carbons (Fsp3) is 0.636. The molecule has 0 radical (unpaired) electrons. The van der Waals surface area contributed by atoms with Gasteiger partial charge in [-0.1, -0.05) is 12.2 Å². The van der Waals surface area contributed by atoms with Crippen molar-refractivity contribution in [2.24, 2.45) is 23.2 Å². The fourth-order valence-corrected chi connectivity index (χ4v) is 3.61. The monoisotopic (exact) mass is 172 g/mol. The van der Waals surface area contributed by atoms with Crippen LogP contribution in [0.4, 0.5) is 0 Å². The van der Waals surface area contributed by atoms with Crippen molar-refractivity contribution in [3.8, 4) is 6.07 Å². The molecule has 2 heteroatoms. The summed E-state index contributed by atoms with van der Waals surface area (Å²) in [6.45, 7) is 0. The Labute approximate surface area is 77.8 Å². The SMILES string of the molecule is N#CC12C(=N)CCC1C1C=CC2C1. The summed E-state index contributed by atoms with van der Waals surface area (Å²) >= 11 is 0. The molecule has 0 spiro atoms. The number of nitrogens with zero attached hydrogens (tertiary/aromatic N) is 1. The highest BCUT2D eigenvalue weighted by Crippen LogP contribution is 2.61. The van der Waals surface area contributed by atoms with E-state index >= 15 is 0 Å². The third kappa shape index (κ3) is 0.601. The van der Waals surface area contributed by atoms with Crippen LogP contribution in [0.3, 0.4) is 0 Å². The summed E-state index contributed by atoms with van der Waals surface area (Å²) in [5, 5.41) is 17.2. The molecule has 3 aliphatic rings. The van der Waals surface area contributed by atoms with Crippen LogP contribution in [0.15, 0.2) is 12.2 Å². The molecule has 4 unspecified atom stereocenters. The summed E-state index contributed by atoms with van der Waals surface area (Å²) in [5.74, 6) is 1.44. The van der Waals surface area contributed by atoms with E-state index < -0.39 is 0 Å². The highest BCUT2D eigenvalue weighted by molar-refractivity contribution is 5.93. The topological polar surface area (TPSA) is 47.6 Å². The van der Waals surface area contributed by atoms with Gasteiger partial charge in [0.05, 0.1) is 6.07 Å². The van der Waals surface area contributed by atoms with E-state index in [0.29, 0.717) is 23.5 Å². The second-order valence-corrected chi connectivity index (χ2v) is 4.50. The predicted octanol–water partition coefficient (Wildman–Crippen LogP) is 2.13. The molecule has 0 saturated heterocycles.